The smallest absolute Gasteiger partial charge is 0.350 e. The number of aliphatic imine (C=N–C) groups is 2. The molecule has 0 aromatic heterocycles. The normalized spacial score (nSPS) is 14.8. The topological polar surface area (TPSA) is 622 Å². The van der Waals surface area contributed by atoms with Crippen LogP contribution in [0.1, 0.15) is 124 Å². The second-order valence-corrected chi connectivity index (χ2v) is 27.5. The molecule has 0 radical (unpaired) electrons. The minimum absolute atomic E-state index is 0.0172. The number of nitro benzene ring substituents is 2. The van der Waals surface area contributed by atoms with Gasteiger partial charge in [0.15, 0.2) is 5.78 Å². The van der Waals surface area contributed by atoms with Crippen molar-refractivity contribution in [2.75, 3.05) is 85.1 Å². The first-order chi connectivity index (χ1) is 53.5. The molecule has 1 saturated heterocycles. The van der Waals surface area contributed by atoms with E-state index < -0.39 is 222 Å². The molecule has 1 aliphatic heterocycles. The Morgan fingerprint density at radius 2 is 1.07 bits per heavy atom. The summed E-state index contributed by atoms with van der Waals surface area (Å²) in [7, 11) is 0. The largest absolute Gasteiger partial charge is 0.507 e. The molecule has 1 fully saturated rings. The van der Waals surface area contributed by atoms with Gasteiger partial charge in [-0.1, -0.05) is 49.2 Å². The molecule has 0 saturated carbocycles. The number of carboxylic acids is 8. The zero-order valence-corrected chi connectivity index (χ0v) is 63.6. The highest BCUT2D eigenvalue weighted by Crippen LogP contribution is 2.29. The van der Waals surface area contributed by atoms with Gasteiger partial charge in [0.2, 0.25) is 17.7 Å². The number of aliphatic carboxylic acids is 8. The maximum absolute atomic E-state index is 14.6. The molecule has 7 amide bonds. The summed E-state index contributed by atoms with van der Waals surface area (Å²) in [6.45, 7) is -1.72. The molecule has 14 N–H and O–H groups in total. The third-order valence-electron chi connectivity index (χ3n) is 17.8. The van der Waals surface area contributed by atoms with E-state index in [1.807, 2.05) is 27.9 Å². The average Bonchev–Trinajstić information content (AvgIpc) is 0.821. The number of carbonyl (C=O) groups is 15. The molecule has 1 aliphatic rings. The standard InChI is InChI=1S/C71H92IN13O28/c72-48-35-44(17-22-56(48)86)37-52(75-59(89)23-21-54(70(107)108)83-33-31-81(41-62(94)95)29-27-80(40-61(92)93)28-30-82(32-34-83)42-63(96)97)65(99)77-53(36-43-11-3-1-4-12-43)66(100)76-49(67(101)102)14-8-10-26-74-64(98)45(38-57(87)47-19-18-46(84(110)111)39-55(47)85(112)113)13-5-2-6-16-58(88)73-25-9-7-15-50(68(103)104)78-71(109)79-51(69(105)106)20-24-60(90)91/h1,3-4,11-12,17-19,22,35,39,45,50-51,53-54,86H,2,5-10,13-16,20-21,23-34,36-38,40-42H2,(H,73,88)(H,74,98)(H,77,99)(H,90,91)(H,92,93)(H,94,95)(H,96,97)(H,101,102)(H,103,104)(H,105,106)(H,107,108)(H2,78,79,109)/t45-,50+,51+,53-,54?/m1/s1. The highest BCUT2D eigenvalue weighted by molar-refractivity contribution is 14.1. The van der Waals surface area contributed by atoms with Gasteiger partial charge in [0.25, 0.3) is 23.2 Å². The number of hydrogen-bond acceptors (Lipinski definition) is 24. The number of Topliss-reactive ketones (excluding diaryl/α,β-unsaturated/α-hetero) is 1. The Bertz CT molecular complexity index is 3940. The minimum atomic E-state index is -1.65. The molecular formula is C71H92IN13O28. The number of carbonyl (C=O) groups excluding carboxylic acids is 7. The third-order valence-corrected chi connectivity index (χ3v) is 18.6. The number of aromatic hydroxyl groups is 1. The van der Waals surface area contributed by atoms with E-state index in [2.05, 4.69) is 31.3 Å². The summed E-state index contributed by atoms with van der Waals surface area (Å²) in [6.07, 6.45) is -2.95. The van der Waals surface area contributed by atoms with E-state index in [0.717, 1.165) is 12.1 Å². The predicted octanol–water partition coefficient (Wildman–Crippen LogP) is 2.29. The number of ketones is 1. The van der Waals surface area contributed by atoms with Gasteiger partial charge in [-0.05, 0) is 116 Å². The van der Waals surface area contributed by atoms with Gasteiger partial charge in [0.1, 0.15) is 41.3 Å². The molecule has 41 nitrogen and oxygen atoms in total. The number of amides is 7. The van der Waals surface area contributed by atoms with E-state index in [9.17, 15) is 133 Å². The van der Waals surface area contributed by atoms with Gasteiger partial charge in [-0.25, -0.2) is 29.2 Å². The molecule has 113 heavy (non-hydrogen) atoms. The van der Waals surface area contributed by atoms with Crippen LogP contribution in [0.2, 0.25) is 0 Å². The summed E-state index contributed by atoms with van der Waals surface area (Å²) in [5, 5.41) is 124. The van der Waals surface area contributed by atoms with Crippen LogP contribution in [0, 0.1) is 29.7 Å². The number of urea groups is 1. The van der Waals surface area contributed by atoms with E-state index in [0.29, 0.717) is 27.2 Å². The van der Waals surface area contributed by atoms with Gasteiger partial charge < -0.3 is 72.5 Å². The lowest BCUT2D eigenvalue weighted by atomic mass is 9.91. The SMILES string of the molecule is O=C(O)CC[C@H](NC(=O)N[C@@H](CCCCNC(=O)CCCCC[C@H](CC(=O)c1ccc([N+](=O)[O-])cc1[N+](=O)[O-])C(=O)NCCCCC(=NC(=O)[C@@H](Cc1ccccc1)NC(=O)C(Cc1ccc(O)c(I)c1)=NC(=O)CCC(C(=O)O)N1CCN(CC(=O)O)CCN(CC(=O)O)CCN(CC(=O)O)CC1)C(=O)O)C(=O)O)C(=O)O. The fourth-order valence-corrected chi connectivity index (χ4v) is 12.4. The van der Waals surface area contributed by atoms with Crippen LogP contribution in [0.25, 0.3) is 0 Å². The number of unbranched alkanes of at least 4 members (excludes halogenated alkanes) is 4. The third kappa shape index (κ3) is 36.1. The van der Waals surface area contributed by atoms with E-state index in [1.165, 1.54) is 37.8 Å². The number of nitro groups is 2. The number of rotatable bonds is 48. The lowest BCUT2D eigenvalue weighted by molar-refractivity contribution is -0.394. The number of carboxylic acid groups (broad SMARTS) is 8. The Morgan fingerprint density at radius 3 is 1.61 bits per heavy atom. The molecular weight excluding hydrogens is 1610 g/mol. The monoisotopic (exact) mass is 1700 g/mol. The van der Waals surface area contributed by atoms with Crippen LogP contribution in [-0.2, 0) is 75.2 Å². The Labute approximate surface area is 659 Å². The van der Waals surface area contributed by atoms with E-state index in [4.69, 9.17) is 5.11 Å². The lowest BCUT2D eigenvalue weighted by Gasteiger charge is -2.35. The van der Waals surface area contributed by atoms with Crippen LogP contribution < -0.4 is 26.6 Å². The van der Waals surface area contributed by atoms with Crippen molar-refractivity contribution in [3.63, 3.8) is 0 Å². The highest BCUT2D eigenvalue weighted by atomic mass is 127. The van der Waals surface area contributed by atoms with Gasteiger partial charge in [-0.2, -0.15) is 0 Å². The Balaban J connectivity index is 1.49. The van der Waals surface area contributed by atoms with Gasteiger partial charge in [0, 0.05) is 116 Å². The first-order valence-electron chi connectivity index (χ1n) is 35.8. The van der Waals surface area contributed by atoms with Crippen molar-refractivity contribution in [1.82, 2.24) is 46.2 Å². The van der Waals surface area contributed by atoms with Crippen LogP contribution in [0.4, 0.5) is 16.2 Å². The van der Waals surface area contributed by atoms with Crippen LogP contribution in [0.3, 0.4) is 0 Å². The van der Waals surface area contributed by atoms with Crippen molar-refractivity contribution in [3.8, 4) is 5.75 Å². The van der Waals surface area contributed by atoms with Gasteiger partial charge in [0.05, 0.1) is 44.7 Å². The van der Waals surface area contributed by atoms with Crippen LogP contribution >= 0.6 is 22.6 Å². The van der Waals surface area contributed by atoms with E-state index >= 15 is 0 Å². The molecule has 0 aliphatic carbocycles. The average molecular weight is 1700 g/mol. The van der Waals surface area contributed by atoms with Gasteiger partial charge >= 0.3 is 53.8 Å². The number of halogens is 1. The molecule has 1 unspecified atom stereocenters. The maximum Gasteiger partial charge on any atom is 0.350 e. The van der Waals surface area contributed by atoms with Crippen molar-refractivity contribution in [3.05, 3.63) is 107 Å². The quantitative estimate of drug-likeness (QED) is 0.00963. The summed E-state index contributed by atoms with van der Waals surface area (Å²) in [5.74, 6) is -17.7. The molecule has 5 atom stereocenters. The number of phenols is 1. The molecule has 3 aromatic rings. The predicted molar refractivity (Wildman–Crippen MR) is 404 cm³/mol. The number of hydrogen-bond donors (Lipinski definition) is 14. The maximum atomic E-state index is 14.6. The summed E-state index contributed by atoms with van der Waals surface area (Å²) >= 11 is 1.81. The van der Waals surface area contributed by atoms with E-state index in [-0.39, 0.29) is 135 Å². The summed E-state index contributed by atoms with van der Waals surface area (Å²) in [4.78, 5) is 227. The minimum Gasteiger partial charge on any atom is -0.507 e. The molecule has 3 aromatic carbocycles. The number of non-ortho nitro benzene ring substituents is 1. The van der Waals surface area contributed by atoms with Crippen LogP contribution in [0.5, 0.6) is 5.75 Å². The molecule has 1 heterocycles. The zero-order chi connectivity index (χ0) is 83.9. The first-order valence-corrected chi connectivity index (χ1v) is 36.9. The van der Waals surface area contributed by atoms with Gasteiger partial charge in [-0.3, -0.25) is 92.6 Å². The highest BCUT2D eigenvalue weighted by Gasteiger charge is 2.33. The first kappa shape index (κ1) is 94.0. The van der Waals surface area contributed by atoms with Crippen molar-refractivity contribution >= 4 is 134 Å². The zero-order valence-electron chi connectivity index (χ0n) is 61.4. The van der Waals surface area contributed by atoms with Crippen LogP contribution in [0.15, 0.2) is 76.7 Å². The second-order valence-electron chi connectivity index (χ2n) is 26.3. The molecule has 616 valence electrons. The Morgan fingerprint density at radius 1 is 0.513 bits per heavy atom. The van der Waals surface area contributed by atoms with Crippen molar-refractivity contribution in [1.29, 1.82) is 0 Å². The molecule has 42 heteroatoms. The number of nitrogens with zero attached hydrogens (tertiary/aromatic N) is 8. The lowest BCUT2D eigenvalue weighted by Crippen LogP contribution is -2.51. The Hall–Kier alpha value is -11.4. The summed E-state index contributed by atoms with van der Waals surface area (Å²) < 4.78 is 0.317. The van der Waals surface area contributed by atoms with Crippen molar-refractivity contribution in [2.24, 2.45) is 15.9 Å². The van der Waals surface area contributed by atoms with Crippen molar-refractivity contribution < 1.29 is 128 Å². The fraction of sp³-hybridized carbons (Fsp3) is 0.507. The Kier molecular flexibility index (Phi) is 40.8. The van der Waals surface area contributed by atoms with Crippen LogP contribution in [-0.4, -0.2) is 285 Å². The number of benzene rings is 3. The molecule has 4 rings (SSSR count). The number of nitrogens with one attached hydrogen (secondary N) is 5. The van der Waals surface area contributed by atoms with Gasteiger partial charge in [-0.15, -0.1) is 0 Å². The van der Waals surface area contributed by atoms with Crippen molar-refractivity contribution in [2.45, 2.75) is 140 Å². The molecule has 0 bridgehead atoms. The fourth-order valence-electron chi connectivity index (χ4n) is 11.8. The second kappa shape index (κ2) is 49.1. The molecule has 0 spiro atoms. The number of phenolic OH excluding ortho intramolecular Hbond substituents is 1. The summed E-state index contributed by atoms with van der Waals surface area (Å²) in [5.41, 5.74) is -2.55. The van der Waals surface area contributed by atoms with E-state index in [1.54, 1.807) is 30.3 Å². The summed E-state index contributed by atoms with van der Waals surface area (Å²) in [6, 6.07) is 7.26.